The van der Waals surface area contributed by atoms with Crippen LogP contribution in [0, 0.1) is 6.92 Å². The van der Waals surface area contributed by atoms with Crippen molar-refractivity contribution in [2.45, 2.75) is 20.3 Å². The molecule has 0 fully saturated rings. The normalized spacial score (nSPS) is 9.69. The van der Waals surface area contributed by atoms with Gasteiger partial charge in [0.2, 0.25) is 0 Å². The van der Waals surface area contributed by atoms with Gasteiger partial charge in [0.25, 0.3) is 0 Å². The number of aryl methyl sites for hydroxylation is 1. The highest BCUT2D eigenvalue weighted by Gasteiger charge is 1.99. The fourth-order valence-corrected chi connectivity index (χ4v) is 1.50. The zero-order chi connectivity index (χ0) is 9.84. The molecule has 1 aromatic rings. The van der Waals surface area contributed by atoms with Gasteiger partial charge in [-0.15, -0.1) is 6.58 Å². The molecular formula is C13H16. The van der Waals surface area contributed by atoms with Gasteiger partial charge in [-0.3, -0.25) is 0 Å². The molecule has 0 heteroatoms. The van der Waals surface area contributed by atoms with Crippen LogP contribution in [-0.4, -0.2) is 0 Å². The Morgan fingerprint density at radius 2 is 2.15 bits per heavy atom. The standard InChI is InChI=1S/C13H16/c1-5-6-12-7-8-13(10(2)3)11(4)9-12/h5,7-9H,1-2,6H2,3-4H3. The van der Waals surface area contributed by atoms with Gasteiger partial charge in [-0.05, 0) is 37.0 Å². The molecule has 0 N–H and O–H groups in total. The van der Waals surface area contributed by atoms with Crippen LogP contribution in [-0.2, 0) is 6.42 Å². The Kier molecular flexibility index (Phi) is 3.07. The first kappa shape index (κ1) is 9.79. The number of benzene rings is 1. The van der Waals surface area contributed by atoms with E-state index in [9.17, 15) is 0 Å². The summed E-state index contributed by atoms with van der Waals surface area (Å²) < 4.78 is 0. The maximum absolute atomic E-state index is 3.94. The molecule has 1 aromatic carbocycles. The first-order chi connectivity index (χ1) is 6.15. The second-order valence-electron chi connectivity index (χ2n) is 3.42. The Bertz CT molecular complexity index is 332. The smallest absolute Gasteiger partial charge is 0.0100 e. The molecule has 0 aliphatic carbocycles. The van der Waals surface area contributed by atoms with Crippen molar-refractivity contribution in [3.05, 3.63) is 54.1 Å². The molecule has 0 heterocycles. The Hall–Kier alpha value is -1.30. The minimum Gasteiger partial charge on any atom is -0.103 e. The lowest BCUT2D eigenvalue weighted by Crippen LogP contribution is -1.88. The average molecular weight is 172 g/mol. The molecule has 0 aromatic heterocycles. The quantitative estimate of drug-likeness (QED) is 0.609. The summed E-state index contributed by atoms with van der Waals surface area (Å²) in [7, 11) is 0. The van der Waals surface area contributed by atoms with Crippen LogP contribution in [0.3, 0.4) is 0 Å². The largest absolute Gasteiger partial charge is 0.103 e. The summed E-state index contributed by atoms with van der Waals surface area (Å²) in [6, 6.07) is 6.47. The van der Waals surface area contributed by atoms with Crippen LogP contribution in [0.1, 0.15) is 23.6 Å². The molecule has 0 nitrogen and oxygen atoms in total. The predicted octanol–water partition coefficient (Wildman–Crippen LogP) is 3.76. The molecule has 0 bridgehead atoms. The first-order valence-electron chi connectivity index (χ1n) is 4.51. The minimum atomic E-state index is 0.942. The van der Waals surface area contributed by atoms with Crippen LogP contribution in [0.5, 0.6) is 0 Å². The van der Waals surface area contributed by atoms with Crippen molar-refractivity contribution in [2.24, 2.45) is 0 Å². The number of allylic oxidation sites excluding steroid dienone is 2. The fourth-order valence-electron chi connectivity index (χ4n) is 1.50. The van der Waals surface area contributed by atoms with E-state index in [1.165, 1.54) is 16.7 Å². The molecule has 0 radical (unpaired) electrons. The predicted molar refractivity (Wildman–Crippen MR) is 59.8 cm³/mol. The van der Waals surface area contributed by atoms with Gasteiger partial charge in [0.05, 0.1) is 0 Å². The van der Waals surface area contributed by atoms with Gasteiger partial charge >= 0.3 is 0 Å². The van der Waals surface area contributed by atoms with E-state index >= 15 is 0 Å². The van der Waals surface area contributed by atoms with Crippen molar-refractivity contribution in [3.63, 3.8) is 0 Å². The maximum atomic E-state index is 3.94. The van der Waals surface area contributed by atoms with Gasteiger partial charge < -0.3 is 0 Å². The van der Waals surface area contributed by atoms with Crippen LogP contribution in [0.25, 0.3) is 5.57 Å². The SMILES string of the molecule is C=CCc1ccc(C(=C)C)c(C)c1. The molecule has 0 amide bonds. The highest BCUT2D eigenvalue weighted by molar-refractivity contribution is 5.64. The van der Waals surface area contributed by atoms with Gasteiger partial charge in [-0.2, -0.15) is 0 Å². The van der Waals surface area contributed by atoms with Crippen LogP contribution in [0.2, 0.25) is 0 Å². The molecular weight excluding hydrogens is 156 g/mol. The van der Waals surface area contributed by atoms with Gasteiger partial charge in [-0.25, -0.2) is 0 Å². The molecule has 13 heavy (non-hydrogen) atoms. The fraction of sp³-hybridized carbons (Fsp3) is 0.231. The van der Waals surface area contributed by atoms with Crippen LogP contribution in [0.4, 0.5) is 0 Å². The zero-order valence-corrected chi connectivity index (χ0v) is 8.43. The summed E-state index contributed by atoms with van der Waals surface area (Å²) in [5.41, 5.74) is 5.00. The number of hydrogen-bond donors (Lipinski definition) is 0. The van der Waals surface area contributed by atoms with Crippen molar-refractivity contribution >= 4 is 5.57 Å². The zero-order valence-electron chi connectivity index (χ0n) is 8.43. The summed E-state index contributed by atoms with van der Waals surface area (Å²) in [6.45, 7) is 11.8. The van der Waals surface area contributed by atoms with E-state index in [4.69, 9.17) is 0 Å². The van der Waals surface area contributed by atoms with Gasteiger partial charge in [0.1, 0.15) is 0 Å². The Morgan fingerprint density at radius 3 is 2.62 bits per heavy atom. The second kappa shape index (κ2) is 4.08. The summed E-state index contributed by atoms with van der Waals surface area (Å²) >= 11 is 0. The van der Waals surface area contributed by atoms with Crippen LogP contribution in [0.15, 0.2) is 37.4 Å². The topological polar surface area (TPSA) is 0 Å². The third kappa shape index (κ3) is 2.32. The maximum Gasteiger partial charge on any atom is -0.0100 e. The summed E-state index contributed by atoms with van der Waals surface area (Å²) in [5.74, 6) is 0. The summed E-state index contributed by atoms with van der Waals surface area (Å²) in [5, 5.41) is 0. The summed E-state index contributed by atoms with van der Waals surface area (Å²) in [6.07, 6.45) is 2.87. The third-order valence-corrected chi connectivity index (χ3v) is 2.13. The lowest BCUT2D eigenvalue weighted by Gasteiger charge is -2.06. The monoisotopic (exact) mass is 172 g/mol. The van der Waals surface area contributed by atoms with Gasteiger partial charge in [0, 0.05) is 0 Å². The van der Waals surface area contributed by atoms with E-state index in [1.54, 1.807) is 0 Å². The molecule has 0 saturated carbocycles. The Morgan fingerprint density at radius 1 is 1.46 bits per heavy atom. The first-order valence-corrected chi connectivity index (χ1v) is 4.51. The Labute approximate surface area is 80.6 Å². The molecule has 0 spiro atoms. The van der Waals surface area contributed by atoms with Crippen molar-refractivity contribution in [1.29, 1.82) is 0 Å². The van der Waals surface area contributed by atoms with Crippen molar-refractivity contribution in [2.75, 3.05) is 0 Å². The van der Waals surface area contributed by atoms with Gasteiger partial charge in [0.15, 0.2) is 0 Å². The van der Waals surface area contributed by atoms with Crippen LogP contribution >= 0.6 is 0 Å². The van der Waals surface area contributed by atoms with E-state index < -0.39 is 0 Å². The highest BCUT2D eigenvalue weighted by Crippen LogP contribution is 2.18. The van der Waals surface area contributed by atoms with E-state index in [0.717, 1.165) is 12.0 Å². The lowest BCUT2D eigenvalue weighted by molar-refractivity contribution is 1.24. The Balaban J connectivity index is 3.05. The van der Waals surface area contributed by atoms with E-state index in [2.05, 4.69) is 38.3 Å². The highest BCUT2D eigenvalue weighted by atomic mass is 14.0. The second-order valence-corrected chi connectivity index (χ2v) is 3.42. The molecule has 0 unspecified atom stereocenters. The molecule has 1 rings (SSSR count). The summed E-state index contributed by atoms with van der Waals surface area (Å²) in [4.78, 5) is 0. The van der Waals surface area contributed by atoms with E-state index in [1.807, 2.05) is 13.0 Å². The van der Waals surface area contributed by atoms with E-state index in [-0.39, 0.29) is 0 Å². The minimum absolute atomic E-state index is 0.942. The van der Waals surface area contributed by atoms with Gasteiger partial charge in [-0.1, -0.05) is 36.4 Å². The van der Waals surface area contributed by atoms with Crippen molar-refractivity contribution in [1.82, 2.24) is 0 Å². The van der Waals surface area contributed by atoms with E-state index in [0.29, 0.717) is 0 Å². The molecule has 0 atom stereocenters. The third-order valence-electron chi connectivity index (χ3n) is 2.13. The average Bonchev–Trinajstić information content (AvgIpc) is 2.04. The number of rotatable bonds is 3. The lowest BCUT2D eigenvalue weighted by atomic mass is 9.99. The van der Waals surface area contributed by atoms with Crippen molar-refractivity contribution < 1.29 is 0 Å². The molecule has 0 aliphatic heterocycles. The molecule has 68 valence electrons. The van der Waals surface area contributed by atoms with Crippen LogP contribution < -0.4 is 0 Å². The molecule has 0 saturated heterocycles. The van der Waals surface area contributed by atoms with Crippen molar-refractivity contribution in [3.8, 4) is 0 Å². The number of hydrogen-bond acceptors (Lipinski definition) is 0. The molecule has 0 aliphatic rings.